The lowest BCUT2D eigenvalue weighted by Gasteiger charge is -2.26. The molecule has 0 fully saturated rings. The van der Waals surface area contributed by atoms with Gasteiger partial charge in [-0.15, -0.1) is 0 Å². The van der Waals surface area contributed by atoms with Gasteiger partial charge in [0.15, 0.2) is 0 Å². The zero-order valence-corrected chi connectivity index (χ0v) is 25.2. The SMILES string of the molecule is [2H]c1c([2H])c([2H])c(-c2c([2H])c3oc4c([2H])c([2H])c([2H])c([2H])c4c3c3c([2H])c(N(c4ccc(-c5ccccc5)cc4)c4ccc(-c5ccccc5)cc4)c([2H])c([2H])c23)c([2H])c1[2H]. The van der Waals surface area contributed by atoms with E-state index >= 15 is 0 Å². The second kappa shape index (κ2) is 11.8. The van der Waals surface area contributed by atoms with Gasteiger partial charge in [-0.3, -0.25) is 0 Å². The summed E-state index contributed by atoms with van der Waals surface area (Å²) in [4.78, 5) is 1.65. The zero-order valence-electron chi connectivity index (χ0n) is 38.2. The van der Waals surface area contributed by atoms with Crippen molar-refractivity contribution in [3.63, 3.8) is 0 Å². The third-order valence-corrected chi connectivity index (χ3v) is 8.31. The summed E-state index contributed by atoms with van der Waals surface area (Å²) in [6.45, 7) is 0. The van der Waals surface area contributed by atoms with Gasteiger partial charge in [-0.2, -0.15) is 0 Å². The van der Waals surface area contributed by atoms with Gasteiger partial charge in [0.05, 0.1) is 17.8 Å². The first kappa shape index (κ1) is 17.5. The largest absolute Gasteiger partial charge is 0.456 e. The van der Waals surface area contributed by atoms with E-state index in [1.165, 1.54) is 0 Å². The molecule has 0 aliphatic rings. The van der Waals surface area contributed by atoms with Crippen LogP contribution in [0, 0.1) is 0 Å². The molecule has 0 N–H and O–H groups in total. The Balaban J connectivity index is 1.44. The Bertz CT molecular complexity index is 3150. The summed E-state index contributed by atoms with van der Waals surface area (Å²) in [7, 11) is 0. The Morgan fingerprint density at radius 2 is 0.958 bits per heavy atom. The molecule has 9 aromatic rings. The minimum atomic E-state index is -0.711. The lowest BCUT2D eigenvalue weighted by atomic mass is 9.94. The van der Waals surface area contributed by atoms with Crippen molar-refractivity contribution in [1.29, 1.82) is 0 Å². The molecule has 2 heteroatoms. The molecule has 0 aliphatic carbocycles. The molecule has 0 spiro atoms. The summed E-state index contributed by atoms with van der Waals surface area (Å²) in [5, 5.41) is -0.741. The molecule has 0 atom stereocenters. The van der Waals surface area contributed by atoms with Crippen molar-refractivity contribution < 1.29 is 22.2 Å². The van der Waals surface area contributed by atoms with Crippen LogP contribution in [0.25, 0.3) is 66.1 Å². The van der Waals surface area contributed by atoms with Crippen LogP contribution in [0.5, 0.6) is 0 Å². The van der Waals surface area contributed by atoms with Crippen molar-refractivity contribution in [2.24, 2.45) is 0 Å². The third-order valence-electron chi connectivity index (χ3n) is 8.31. The molecule has 48 heavy (non-hydrogen) atoms. The number of hydrogen-bond donors (Lipinski definition) is 0. The van der Waals surface area contributed by atoms with Crippen molar-refractivity contribution >= 4 is 49.8 Å². The van der Waals surface area contributed by atoms with E-state index in [9.17, 15) is 5.48 Å². The molecule has 1 heterocycles. The van der Waals surface area contributed by atoms with Crippen molar-refractivity contribution in [2.75, 3.05) is 4.90 Å². The highest BCUT2D eigenvalue weighted by molar-refractivity contribution is 6.22. The Labute approximate surface area is 298 Å². The normalized spacial score (nSPS) is 15.1. The molecule has 0 bridgehead atoms. The summed E-state index contributed by atoms with van der Waals surface area (Å²) < 4.78 is 123. The van der Waals surface area contributed by atoms with Crippen LogP contribution in [-0.2, 0) is 0 Å². The molecule has 0 unspecified atom stereocenters. The van der Waals surface area contributed by atoms with Gasteiger partial charge in [0.25, 0.3) is 0 Å². The maximum absolute atomic E-state index is 10.1. The topological polar surface area (TPSA) is 16.4 Å². The highest BCUT2D eigenvalue weighted by Gasteiger charge is 2.19. The smallest absolute Gasteiger partial charge is 0.136 e. The average molecular weight is 627 g/mol. The molecule has 0 saturated heterocycles. The number of hydrogen-bond acceptors (Lipinski definition) is 2. The molecule has 0 amide bonds. The van der Waals surface area contributed by atoms with Gasteiger partial charge in [-0.05, 0) is 92.6 Å². The zero-order chi connectivity index (χ0) is 43.2. The van der Waals surface area contributed by atoms with E-state index < -0.39 is 84.1 Å². The first-order valence-electron chi connectivity index (χ1n) is 21.8. The fourth-order valence-electron chi connectivity index (χ4n) is 6.04. The molecule has 0 radical (unpaired) electrons. The van der Waals surface area contributed by atoms with Gasteiger partial charge in [0.1, 0.15) is 11.2 Å². The fraction of sp³-hybridized carbons (Fsp3) is 0. The van der Waals surface area contributed by atoms with Gasteiger partial charge in [-0.1, -0.05) is 139 Å². The Morgan fingerprint density at radius 1 is 0.396 bits per heavy atom. The van der Waals surface area contributed by atoms with Gasteiger partial charge in [0, 0.05) is 27.8 Å². The first-order chi connectivity index (χ1) is 29.2. The molecular formula is C46H31NO. The van der Waals surface area contributed by atoms with Gasteiger partial charge in [-0.25, -0.2) is 0 Å². The van der Waals surface area contributed by atoms with Crippen LogP contribution >= 0.6 is 0 Å². The minimum Gasteiger partial charge on any atom is -0.456 e. The van der Waals surface area contributed by atoms with Gasteiger partial charge in [0.2, 0.25) is 0 Å². The predicted molar refractivity (Wildman–Crippen MR) is 202 cm³/mol. The number of furan rings is 1. The second-order valence-corrected chi connectivity index (χ2v) is 11.1. The summed E-state index contributed by atoms with van der Waals surface area (Å²) in [5.74, 6) is 0. The lowest BCUT2D eigenvalue weighted by Crippen LogP contribution is -2.10. The van der Waals surface area contributed by atoms with Crippen molar-refractivity contribution in [2.45, 2.75) is 0 Å². The standard InChI is InChI=1S/C46H31NO/c1-4-12-32(13-5-1)34-20-24-37(25-21-34)47(38-26-22-35(23-27-38)33-14-6-2-7-15-33)39-28-29-40-42(36-16-8-3-9-17-36)31-45-46(43(40)30-39)41-18-10-11-19-44(41)48-45/h1-31H/i3D,8D,9D,10D,11D,16D,17D,18D,19D,28D,29D,30D,31D. The maximum atomic E-state index is 10.1. The van der Waals surface area contributed by atoms with Crippen LogP contribution in [0.3, 0.4) is 0 Å². The van der Waals surface area contributed by atoms with Crippen LogP contribution < -0.4 is 4.90 Å². The maximum Gasteiger partial charge on any atom is 0.136 e. The van der Waals surface area contributed by atoms with Crippen molar-refractivity contribution in [3.05, 3.63) is 188 Å². The van der Waals surface area contributed by atoms with Crippen LogP contribution in [0.4, 0.5) is 17.1 Å². The summed E-state index contributed by atoms with van der Waals surface area (Å²) in [6.07, 6.45) is 0. The van der Waals surface area contributed by atoms with Crippen molar-refractivity contribution in [3.8, 4) is 33.4 Å². The third kappa shape index (κ3) is 4.92. The summed E-state index contributed by atoms with van der Waals surface area (Å²) >= 11 is 0. The van der Waals surface area contributed by atoms with Crippen molar-refractivity contribution in [1.82, 2.24) is 0 Å². The molecule has 226 valence electrons. The molecule has 1 aromatic heterocycles. The van der Waals surface area contributed by atoms with Crippen LogP contribution in [-0.4, -0.2) is 0 Å². The van der Waals surface area contributed by atoms with Gasteiger partial charge < -0.3 is 9.32 Å². The highest BCUT2D eigenvalue weighted by Crippen LogP contribution is 2.44. The van der Waals surface area contributed by atoms with E-state index in [1.54, 1.807) is 4.90 Å². The number of rotatable bonds is 6. The molecule has 0 aliphatic heterocycles. The molecule has 9 rings (SSSR count). The Morgan fingerprint density at radius 3 is 1.58 bits per heavy atom. The number of para-hydroxylation sites is 1. The number of benzene rings is 8. The Hall–Kier alpha value is -6.38. The van der Waals surface area contributed by atoms with Crippen LogP contribution in [0.15, 0.2) is 192 Å². The van der Waals surface area contributed by atoms with E-state index in [0.29, 0.717) is 11.4 Å². The van der Waals surface area contributed by atoms with E-state index in [1.807, 2.05) is 109 Å². The first-order valence-corrected chi connectivity index (χ1v) is 15.3. The van der Waals surface area contributed by atoms with Gasteiger partial charge >= 0.3 is 0 Å². The number of anilines is 3. The molecular weight excluding hydrogens is 583 g/mol. The number of fused-ring (bicyclic) bond motifs is 5. The lowest BCUT2D eigenvalue weighted by molar-refractivity contribution is 0.669. The number of nitrogens with zero attached hydrogens (tertiary/aromatic N) is 1. The molecule has 0 saturated carbocycles. The monoisotopic (exact) mass is 626 g/mol. The molecule has 2 nitrogen and oxygen atoms in total. The predicted octanol–water partition coefficient (Wildman–Crippen LogP) is 13.2. The fourth-order valence-corrected chi connectivity index (χ4v) is 6.04. The minimum absolute atomic E-state index is 0.0985. The summed E-state index contributed by atoms with van der Waals surface area (Å²) in [5.41, 5.74) is 3.10. The molecule has 8 aromatic carbocycles. The van der Waals surface area contributed by atoms with E-state index in [2.05, 4.69) is 0 Å². The average Bonchev–Trinajstić information content (AvgIpc) is 3.69. The summed E-state index contributed by atoms with van der Waals surface area (Å²) in [6, 6.07) is 26.5. The van der Waals surface area contributed by atoms with E-state index in [-0.39, 0.29) is 44.0 Å². The Kier molecular flexibility index (Phi) is 4.29. The highest BCUT2D eigenvalue weighted by atomic mass is 16.3. The quantitative estimate of drug-likeness (QED) is 0.183. The second-order valence-electron chi connectivity index (χ2n) is 11.1. The van der Waals surface area contributed by atoms with Crippen LogP contribution in [0.1, 0.15) is 17.8 Å². The van der Waals surface area contributed by atoms with E-state index in [0.717, 1.165) is 22.3 Å². The van der Waals surface area contributed by atoms with Crippen LogP contribution in [0.2, 0.25) is 0 Å². The van der Waals surface area contributed by atoms with E-state index in [4.69, 9.17) is 16.8 Å².